The highest BCUT2D eigenvalue weighted by molar-refractivity contribution is 5.80. The standard InChI is InChI=1S/C15H18O3/c1-11-17-14(16)13(12-7-3-2-4-8-12)15(18-11)9-5-6-10-15/h2-4,7-8,11,13H,5-6,9-10H2,1H3/t11-,13-/m0/s1. The monoisotopic (exact) mass is 246 g/mol. The van der Waals surface area contributed by atoms with Crippen LogP contribution >= 0.6 is 0 Å². The minimum absolute atomic E-state index is 0.137. The predicted octanol–water partition coefficient (Wildman–Crippen LogP) is 3.00. The number of cyclic esters (lactones) is 1. The largest absolute Gasteiger partial charge is 0.436 e. The van der Waals surface area contributed by atoms with Gasteiger partial charge in [0.15, 0.2) is 0 Å². The molecule has 0 amide bonds. The fourth-order valence-corrected chi connectivity index (χ4v) is 3.33. The minimum atomic E-state index is -0.421. The van der Waals surface area contributed by atoms with Gasteiger partial charge in [-0.25, -0.2) is 0 Å². The minimum Gasteiger partial charge on any atom is -0.436 e. The van der Waals surface area contributed by atoms with E-state index in [4.69, 9.17) is 9.47 Å². The van der Waals surface area contributed by atoms with Crippen molar-refractivity contribution in [3.63, 3.8) is 0 Å². The van der Waals surface area contributed by atoms with E-state index in [0.717, 1.165) is 31.2 Å². The lowest BCUT2D eigenvalue weighted by molar-refractivity contribution is -0.245. The summed E-state index contributed by atoms with van der Waals surface area (Å²) in [6.07, 6.45) is 3.74. The molecule has 1 aliphatic carbocycles. The van der Waals surface area contributed by atoms with Gasteiger partial charge in [-0.2, -0.15) is 0 Å². The number of carbonyl (C=O) groups excluding carboxylic acids is 1. The van der Waals surface area contributed by atoms with Gasteiger partial charge in [-0.3, -0.25) is 4.79 Å². The van der Waals surface area contributed by atoms with Gasteiger partial charge in [0.05, 0.1) is 5.60 Å². The molecule has 3 nitrogen and oxygen atoms in total. The van der Waals surface area contributed by atoms with Gasteiger partial charge in [0.2, 0.25) is 6.29 Å². The van der Waals surface area contributed by atoms with Crippen LogP contribution in [0, 0.1) is 0 Å². The maximum absolute atomic E-state index is 12.3. The van der Waals surface area contributed by atoms with Crippen molar-refractivity contribution in [3.8, 4) is 0 Å². The third kappa shape index (κ3) is 1.83. The molecule has 1 spiro atoms. The van der Waals surface area contributed by atoms with E-state index in [2.05, 4.69) is 0 Å². The molecule has 0 N–H and O–H groups in total. The van der Waals surface area contributed by atoms with Crippen LogP contribution in [0.1, 0.15) is 44.1 Å². The SMILES string of the molecule is C[C@H]1OC(=O)[C@H](c2ccccc2)C2(CCCC2)O1. The molecule has 1 aromatic rings. The average Bonchev–Trinajstić information content (AvgIpc) is 2.78. The summed E-state index contributed by atoms with van der Waals surface area (Å²) in [5.74, 6) is -0.403. The molecule has 1 saturated carbocycles. The van der Waals surface area contributed by atoms with Gasteiger partial charge < -0.3 is 9.47 Å². The number of hydrogen-bond acceptors (Lipinski definition) is 3. The molecule has 0 radical (unpaired) electrons. The highest BCUT2D eigenvalue weighted by Gasteiger charge is 2.52. The normalized spacial score (nSPS) is 30.4. The summed E-state index contributed by atoms with van der Waals surface area (Å²) in [6, 6.07) is 9.87. The average molecular weight is 246 g/mol. The van der Waals surface area contributed by atoms with Gasteiger partial charge in [0.25, 0.3) is 0 Å². The Kier molecular flexibility index (Phi) is 2.86. The molecule has 18 heavy (non-hydrogen) atoms. The molecule has 0 bridgehead atoms. The Labute approximate surface area is 107 Å². The van der Waals surface area contributed by atoms with Gasteiger partial charge >= 0.3 is 5.97 Å². The molecule has 1 aromatic carbocycles. The van der Waals surface area contributed by atoms with Crippen molar-refractivity contribution in [1.82, 2.24) is 0 Å². The summed E-state index contributed by atoms with van der Waals surface area (Å²) >= 11 is 0. The van der Waals surface area contributed by atoms with E-state index >= 15 is 0 Å². The molecule has 0 aromatic heterocycles. The molecule has 1 heterocycles. The number of carbonyl (C=O) groups is 1. The molecular formula is C15H18O3. The lowest BCUT2D eigenvalue weighted by Gasteiger charge is -2.42. The van der Waals surface area contributed by atoms with Crippen LogP contribution in [0.5, 0.6) is 0 Å². The predicted molar refractivity (Wildman–Crippen MR) is 67.0 cm³/mol. The van der Waals surface area contributed by atoms with Crippen molar-refractivity contribution in [2.75, 3.05) is 0 Å². The Balaban J connectivity index is 2.00. The number of esters is 1. The zero-order valence-electron chi connectivity index (χ0n) is 10.6. The summed E-state index contributed by atoms with van der Waals surface area (Å²) in [4.78, 5) is 12.3. The van der Waals surface area contributed by atoms with Crippen LogP contribution in [0.25, 0.3) is 0 Å². The zero-order valence-corrected chi connectivity index (χ0v) is 10.6. The van der Waals surface area contributed by atoms with Crippen LogP contribution in [0.4, 0.5) is 0 Å². The maximum Gasteiger partial charge on any atom is 0.318 e. The van der Waals surface area contributed by atoms with E-state index in [1.165, 1.54) is 0 Å². The van der Waals surface area contributed by atoms with Gasteiger partial charge in [0.1, 0.15) is 5.92 Å². The van der Waals surface area contributed by atoms with E-state index < -0.39 is 6.29 Å². The Hall–Kier alpha value is -1.35. The molecule has 96 valence electrons. The molecular weight excluding hydrogens is 228 g/mol. The van der Waals surface area contributed by atoms with Crippen molar-refractivity contribution in [1.29, 1.82) is 0 Å². The van der Waals surface area contributed by atoms with Crippen molar-refractivity contribution >= 4 is 5.97 Å². The fraction of sp³-hybridized carbons (Fsp3) is 0.533. The third-order valence-electron chi connectivity index (χ3n) is 4.03. The van der Waals surface area contributed by atoms with Crippen LogP contribution in [-0.2, 0) is 14.3 Å². The smallest absolute Gasteiger partial charge is 0.318 e. The number of ether oxygens (including phenoxy) is 2. The number of hydrogen-bond donors (Lipinski definition) is 0. The number of benzene rings is 1. The van der Waals surface area contributed by atoms with Crippen molar-refractivity contribution in [2.45, 2.75) is 50.4 Å². The van der Waals surface area contributed by atoms with Crippen LogP contribution < -0.4 is 0 Å². The second-order valence-electron chi connectivity index (χ2n) is 5.24. The summed E-state index contributed by atoms with van der Waals surface area (Å²) < 4.78 is 11.3. The first-order valence-corrected chi connectivity index (χ1v) is 6.64. The summed E-state index contributed by atoms with van der Waals surface area (Å²) in [5, 5.41) is 0. The van der Waals surface area contributed by atoms with Gasteiger partial charge in [-0.15, -0.1) is 0 Å². The Morgan fingerprint density at radius 1 is 1.17 bits per heavy atom. The molecule has 1 aliphatic heterocycles. The van der Waals surface area contributed by atoms with Crippen molar-refractivity contribution in [3.05, 3.63) is 35.9 Å². The quantitative estimate of drug-likeness (QED) is 0.714. The molecule has 0 unspecified atom stereocenters. The second-order valence-corrected chi connectivity index (χ2v) is 5.24. The lowest BCUT2D eigenvalue weighted by atomic mass is 9.80. The van der Waals surface area contributed by atoms with Crippen LogP contribution in [-0.4, -0.2) is 17.9 Å². The van der Waals surface area contributed by atoms with Gasteiger partial charge in [-0.05, 0) is 25.3 Å². The summed E-state index contributed by atoms with van der Waals surface area (Å²) in [6.45, 7) is 1.80. The van der Waals surface area contributed by atoms with Crippen LogP contribution in [0.2, 0.25) is 0 Å². The van der Waals surface area contributed by atoms with E-state index in [1.54, 1.807) is 6.92 Å². The number of rotatable bonds is 1. The second kappa shape index (κ2) is 4.39. The summed E-state index contributed by atoms with van der Waals surface area (Å²) in [5.41, 5.74) is 0.673. The maximum atomic E-state index is 12.3. The van der Waals surface area contributed by atoms with E-state index in [-0.39, 0.29) is 17.5 Å². The fourth-order valence-electron chi connectivity index (χ4n) is 3.33. The van der Waals surface area contributed by atoms with E-state index in [0.29, 0.717) is 0 Å². The highest BCUT2D eigenvalue weighted by Crippen LogP contribution is 2.48. The van der Waals surface area contributed by atoms with Crippen LogP contribution in [0.15, 0.2) is 30.3 Å². The first kappa shape index (κ1) is 11.7. The molecule has 2 fully saturated rings. The summed E-state index contributed by atoms with van der Waals surface area (Å²) in [7, 11) is 0. The van der Waals surface area contributed by atoms with Crippen LogP contribution in [0.3, 0.4) is 0 Å². The molecule has 2 atom stereocenters. The van der Waals surface area contributed by atoms with Crippen molar-refractivity contribution < 1.29 is 14.3 Å². The Morgan fingerprint density at radius 2 is 1.83 bits per heavy atom. The molecule has 3 rings (SSSR count). The molecule has 3 heteroatoms. The highest BCUT2D eigenvalue weighted by atomic mass is 16.7. The van der Waals surface area contributed by atoms with Gasteiger partial charge in [0, 0.05) is 0 Å². The third-order valence-corrected chi connectivity index (χ3v) is 4.03. The lowest BCUT2D eigenvalue weighted by Crippen LogP contribution is -2.49. The first-order valence-electron chi connectivity index (χ1n) is 6.64. The van der Waals surface area contributed by atoms with Gasteiger partial charge in [-0.1, -0.05) is 43.2 Å². The van der Waals surface area contributed by atoms with Crippen molar-refractivity contribution in [2.24, 2.45) is 0 Å². The zero-order chi connectivity index (χ0) is 12.6. The first-order chi connectivity index (χ1) is 8.71. The topological polar surface area (TPSA) is 35.5 Å². The van der Waals surface area contributed by atoms with E-state index in [9.17, 15) is 4.79 Å². The Bertz CT molecular complexity index is 434. The van der Waals surface area contributed by atoms with E-state index in [1.807, 2.05) is 30.3 Å². The molecule has 2 aliphatic rings. The Morgan fingerprint density at radius 3 is 2.50 bits per heavy atom. The molecule has 1 saturated heterocycles.